The Kier molecular flexibility index (Phi) is 2.41. The largest absolute Gasteiger partial charge is 0.344 e. The topological polar surface area (TPSA) is 29.0 Å². The predicted molar refractivity (Wildman–Crippen MR) is 45.7 cm³/mol. The molecule has 0 saturated heterocycles. The van der Waals surface area contributed by atoms with E-state index in [1.165, 1.54) is 0 Å². The van der Waals surface area contributed by atoms with Gasteiger partial charge in [-0.3, -0.25) is 0 Å². The molecule has 0 aliphatic heterocycles. The van der Waals surface area contributed by atoms with Gasteiger partial charge in [-0.2, -0.15) is 0 Å². The second-order valence-electron chi connectivity index (χ2n) is 2.51. The summed E-state index contributed by atoms with van der Waals surface area (Å²) in [4.78, 5) is 10.4. The molecule has 1 aromatic rings. The molecule has 0 unspecified atom stereocenters. The summed E-state index contributed by atoms with van der Waals surface area (Å²) in [5, 5.41) is 0. The third-order valence-electron chi connectivity index (χ3n) is 1.60. The summed E-state index contributed by atoms with van der Waals surface area (Å²) in [6.45, 7) is 4.98. The summed E-state index contributed by atoms with van der Waals surface area (Å²) < 4.78 is 0. The van der Waals surface area contributed by atoms with Crippen molar-refractivity contribution in [3.05, 3.63) is 18.0 Å². The Morgan fingerprint density at radius 1 is 1.55 bits per heavy atom. The van der Waals surface area contributed by atoms with Gasteiger partial charge in [-0.1, -0.05) is 0 Å². The van der Waals surface area contributed by atoms with E-state index in [1.807, 2.05) is 24.9 Å². The van der Waals surface area contributed by atoms with Gasteiger partial charge in [-0.25, -0.2) is 9.97 Å². The zero-order valence-corrected chi connectivity index (χ0v) is 7.20. The smallest absolute Gasteiger partial charge is 0.225 e. The highest BCUT2D eigenvalue weighted by Gasteiger charge is 1.99. The van der Waals surface area contributed by atoms with Gasteiger partial charge in [0.25, 0.3) is 0 Å². The van der Waals surface area contributed by atoms with E-state index in [0.29, 0.717) is 0 Å². The Hall–Kier alpha value is -1.12. The van der Waals surface area contributed by atoms with E-state index in [0.717, 1.165) is 18.2 Å². The Morgan fingerprint density at radius 2 is 2.27 bits per heavy atom. The van der Waals surface area contributed by atoms with Gasteiger partial charge in [-0.05, 0) is 19.9 Å². The average molecular weight is 151 g/mol. The fourth-order valence-corrected chi connectivity index (χ4v) is 0.761. The first-order chi connectivity index (χ1) is 5.24. The first-order valence-electron chi connectivity index (χ1n) is 3.75. The molecule has 0 fully saturated rings. The van der Waals surface area contributed by atoms with Crippen LogP contribution in [0.3, 0.4) is 0 Å². The minimum atomic E-state index is 0.799. The van der Waals surface area contributed by atoms with E-state index < -0.39 is 0 Å². The van der Waals surface area contributed by atoms with Crippen molar-refractivity contribution >= 4 is 5.95 Å². The van der Waals surface area contributed by atoms with E-state index in [4.69, 9.17) is 0 Å². The number of hydrogen-bond donors (Lipinski definition) is 0. The highest BCUT2D eigenvalue weighted by atomic mass is 15.2. The van der Waals surface area contributed by atoms with E-state index in [2.05, 4.69) is 16.9 Å². The standard InChI is InChI=1S/C8H13N3/c1-4-11(3)8-9-6-5-7(2)10-8/h5-6H,4H2,1-3H3. The lowest BCUT2D eigenvalue weighted by Crippen LogP contribution is -2.18. The molecule has 0 aromatic carbocycles. The molecule has 0 bridgehead atoms. The van der Waals surface area contributed by atoms with E-state index in [1.54, 1.807) is 6.20 Å². The van der Waals surface area contributed by atoms with Crippen LogP contribution >= 0.6 is 0 Å². The van der Waals surface area contributed by atoms with E-state index in [9.17, 15) is 0 Å². The van der Waals surface area contributed by atoms with Gasteiger partial charge < -0.3 is 4.90 Å². The molecule has 3 nitrogen and oxygen atoms in total. The maximum atomic E-state index is 4.26. The van der Waals surface area contributed by atoms with E-state index in [-0.39, 0.29) is 0 Å². The second kappa shape index (κ2) is 3.32. The van der Waals surface area contributed by atoms with Gasteiger partial charge in [0.2, 0.25) is 5.95 Å². The molecular formula is C8H13N3. The number of anilines is 1. The third-order valence-corrected chi connectivity index (χ3v) is 1.60. The van der Waals surface area contributed by atoms with Gasteiger partial charge in [0, 0.05) is 25.5 Å². The van der Waals surface area contributed by atoms with Crippen LogP contribution in [0.1, 0.15) is 12.6 Å². The lowest BCUT2D eigenvalue weighted by Gasteiger charge is -2.13. The molecule has 0 spiro atoms. The molecule has 0 radical (unpaired) electrons. The lowest BCUT2D eigenvalue weighted by atomic mass is 10.4. The van der Waals surface area contributed by atoms with Gasteiger partial charge in [0.05, 0.1) is 0 Å². The summed E-state index contributed by atoms with van der Waals surface area (Å²) in [6.07, 6.45) is 1.78. The third kappa shape index (κ3) is 1.90. The molecule has 0 atom stereocenters. The summed E-state index contributed by atoms with van der Waals surface area (Å²) in [7, 11) is 1.98. The molecule has 0 aliphatic carbocycles. The molecule has 0 aliphatic rings. The van der Waals surface area contributed by atoms with Crippen molar-refractivity contribution in [1.82, 2.24) is 9.97 Å². The predicted octanol–water partition coefficient (Wildman–Crippen LogP) is 1.24. The monoisotopic (exact) mass is 151 g/mol. The zero-order valence-electron chi connectivity index (χ0n) is 7.20. The van der Waals surface area contributed by atoms with Crippen LogP contribution in [0.2, 0.25) is 0 Å². The fraction of sp³-hybridized carbons (Fsp3) is 0.500. The van der Waals surface area contributed by atoms with Gasteiger partial charge in [0.15, 0.2) is 0 Å². The Balaban J connectivity index is 2.86. The molecule has 0 N–H and O–H groups in total. The van der Waals surface area contributed by atoms with Crippen LogP contribution in [0.4, 0.5) is 5.95 Å². The maximum absolute atomic E-state index is 4.26. The number of nitrogens with zero attached hydrogens (tertiary/aromatic N) is 3. The minimum absolute atomic E-state index is 0.799. The summed E-state index contributed by atoms with van der Waals surface area (Å²) in [5.74, 6) is 0.799. The first kappa shape index (κ1) is 7.98. The minimum Gasteiger partial charge on any atom is -0.344 e. The van der Waals surface area contributed by atoms with Crippen molar-refractivity contribution < 1.29 is 0 Å². The maximum Gasteiger partial charge on any atom is 0.225 e. The van der Waals surface area contributed by atoms with Crippen LogP contribution in [-0.2, 0) is 0 Å². The Labute approximate surface area is 67.1 Å². The van der Waals surface area contributed by atoms with Crippen LogP contribution in [-0.4, -0.2) is 23.6 Å². The SMILES string of the molecule is CCN(C)c1nccc(C)n1. The van der Waals surface area contributed by atoms with Gasteiger partial charge in [-0.15, -0.1) is 0 Å². The fourth-order valence-electron chi connectivity index (χ4n) is 0.761. The second-order valence-corrected chi connectivity index (χ2v) is 2.51. The number of hydrogen-bond acceptors (Lipinski definition) is 3. The molecule has 60 valence electrons. The number of aromatic nitrogens is 2. The van der Waals surface area contributed by atoms with Crippen molar-refractivity contribution in [2.45, 2.75) is 13.8 Å². The molecule has 0 saturated carbocycles. The molecule has 11 heavy (non-hydrogen) atoms. The highest BCUT2D eigenvalue weighted by molar-refractivity contribution is 5.27. The lowest BCUT2D eigenvalue weighted by molar-refractivity contribution is 0.892. The molecule has 1 rings (SSSR count). The average Bonchev–Trinajstić information content (AvgIpc) is 2.03. The Morgan fingerprint density at radius 3 is 2.82 bits per heavy atom. The molecule has 3 heteroatoms. The van der Waals surface area contributed by atoms with Crippen molar-refractivity contribution in [3.8, 4) is 0 Å². The van der Waals surface area contributed by atoms with Crippen LogP contribution in [0, 0.1) is 6.92 Å². The van der Waals surface area contributed by atoms with Crippen molar-refractivity contribution in [3.63, 3.8) is 0 Å². The van der Waals surface area contributed by atoms with Crippen LogP contribution in [0.15, 0.2) is 12.3 Å². The van der Waals surface area contributed by atoms with Gasteiger partial charge in [0.1, 0.15) is 0 Å². The van der Waals surface area contributed by atoms with Crippen molar-refractivity contribution in [2.75, 3.05) is 18.5 Å². The Bertz CT molecular complexity index is 235. The number of rotatable bonds is 2. The highest BCUT2D eigenvalue weighted by Crippen LogP contribution is 2.03. The summed E-state index contributed by atoms with van der Waals surface area (Å²) in [5.41, 5.74) is 1.01. The molecule has 0 amide bonds. The van der Waals surface area contributed by atoms with Crippen LogP contribution < -0.4 is 4.90 Å². The number of aryl methyl sites for hydroxylation is 1. The van der Waals surface area contributed by atoms with Crippen molar-refractivity contribution in [1.29, 1.82) is 0 Å². The molecule has 1 aromatic heterocycles. The first-order valence-corrected chi connectivity index (χ1v) is 3.75. The van der Waals surface area contributed by atoms with E-state index >= 15 is 0 Å². The zero-order chi connectivity index (χ0) is 8.27. The van der Waals surface area contributed by atoms with Gasteiger partial charge >= 0.3 is 0 Å². The molecule has 1 heterocycles. The quantitative estimate of drug-likeness (QED) is 0.636. The van der Waals surface area contributed by atoms with Crippen molar-refractivity contribution in [2.24, 2.45) is 0 Å². The molecular weight excluding hydrogens is 138 g/mol. The summed E-state index contributed by atoms with van der Waals surface area (Å²) >= 11 is 0. The summed E-state index contributed by atoms with van der Waals surface area (Å²) in [6, 6.07) is 1.90. The normalized spacial score (nSPS) is 9.73. The van der Waals surface area contributed by atoms with Crippen LogP contribution in [0.5, 0.6) is 0 Å². The van der Waals surface area contributed by atoms with Crippen LogP contribution in [0.25, 0.3) is 0 Å².